The molecule has 1 heterocycles. The molecule has 1 fully saturated rings. The van der Waals surface area contributed by atoms with E-state index in [1.165, 1.54) is 17.7 Å². The van der Waals surface area contributed by atoms with Crippen molar-refractivity contribution in [1.29, 1.82) is 0 Å². The van der Waals surface area contributed by atoms with Crippen molar-refractivity contribution in [3.63, 3.8) is 0 Å². The van der Waals surface area contributed by atoms with Gasteiger partial charge in [0.15, 0.2) is 0 Å². The van der Waals surface area contributed by atoms with Crippen molar-refractivity contribution in [1.82, 2.24) is 9.97 Å². The lowest BCUT2D eigenvalue weighted by Gasteiger charge is -2.06. The monoisotopic (exact) mass is 271 g/mol. The Bertz CT molecular complexity index is 550. The minimum Gasteiger partial charge on any atom is -0.367 e. The van der Waals surface area contributed by atoms with Gasteiger partial charge in [0.2, 0.25) is 0 Å². The Kier molecular flexibility index (Phi) is 3.69. The van der Waals surface area contributed by atoms with Gasteiger partial charge < -0.3 is 5.32 Å². The van der Waals surface area contributed by atoms with Gasteiger partial charge in [-0.3, -0.25) is 0 Å². The fraction of sp³-hybridized carbons (Fsp3) is 0.333. The highest BCUT2D eigenvalue weighted by Gasteiger charge is 2.21. The average Bonchev–Trinajstić information content (AvgIpc) is 3.24. The van der Waals surface area contributed by atoms with E-state index < -0.39 is 0 Å². The number of nitrogens with zero attached hydrogens (tertiary/aromatic N) is 2. The molecule has 1 aliphatic rings. The summed E-state index contributed by atoms with van der Waals surface area (Å²) >= 11 is 1.85. The lowest BCUT2D eigenvalue weighted by Crippen LogP contribution is -2.03. The highest BCUT2D eigenvalue weighted by Crippen LogP contribution is 2.26. The number of nitrogens with one attached hydrogen (secondary N) is 1. The average molecular weight is 271 g/mol. The molecule has 19 heavy (non-hydrogen) atoms. The van der Waals surface area contributed by atoms with Crippen LogP contribution in [-0.2, 0) is 0 Å². The Morgan fingerprint density at radius 2 is 2.00 bits per heavy atom. The SMILES string of the molecule is CCSc1ccc(-c2cc(NC3CC3)ncn2)cc1. The van der Waals surface area contributed by atoms with Gasteiger partial charge in [-0.1, -0.05) is 19.1 Å². The van der Waals surface area contributed by atoms with Crippen LogP contribution in [0.2, 0.25) is 0 Å². The zero-order valence-corrected chi connectivity index (χ0v) is 11.8. The minimum absolute atomic E-state index is 0.617. The van der Waals surface area contributed by atoms with Crippen LogP contribution in [0.4, 0.5) is 5.82 Å². The second-order valence-corrected chi connectivity index (χ2v) is 6.00. The van der Waals surface area contributed by atoms with Crippen molar-refractivity contribution in [3.8, 4) is 11.3 Å². The number of benzene rings is 1. The Morgan fingerprint density at radius 3 is 2.68 bits per heavy atom. The second-order valence-electron chi connectivity index (χ2n) is 4.66. The molecule has 0 aliphatic heterocycles. The van der Waals surface area contributed by atoms with Gasteiger partial charge in [-0.25, -0.2) is 9.97 Å². The van der Waals surface area contributed by atoms with Crippen LogP contribution in [-0.4, -0.2) is 21.8 Å². The van der Waals surface area contributed by atoms with Crippen molar-refractivity contribution in [2.75, 3.05) is 11.1 Å². The van der Waals surface area contributed by atoms with Crippen molar-refractivity contribution in [3.05, 3.63) is 36.7 Å². The van der Waals surface area contributed by atoms with E-state index >= 15 is 0 Å². The first-order valence-corrected chi connectivity index (χ1v) is 7.65. The summed E-state index contributed by atoms with van der Waals surface area (Å²) in [6.07, 6.45) is 4.14. The first-order valence-electron chi connectivity index (χ1n) is 6.67. The molecule has 1 aliphatic carbocycles. The van der Waals surface area contributed by atoms with Gasteiger partial charge in [0.25, 0.3) is 0 Å². The normalized spacial score (nSPS) is 14.4. The first-order chi connectivity index (χ1) is 9.35. The molecule has 0 atom stereocenters. The molecular weight excluding hydrogens is 254 g/mol. The topological polar surface area (TPSA) is 37.8 Å². The van der Waals surface area contributed by atoms with Crippen LogP contribution in [0.3, 0.4) is 0 Å². The van der Waals surface area contributed by atoms with Crippen LogP contribution in [0.1, 0.15) is 19.8 Å². The van der Waals surface area contributed by atoms with Crippen molar-refractivity contribution < 1.29 is 0 Å². The Morgan fingerprint density at radius 1 is 1.21 bits per heavy atom. The maximum Gasteiger partial charge on any atom is 0.130 e. The Balaban J connectivity index is 1.79. The Hall–Kier alpha value is -1.55. The molecule has 3 nitrogen and oxygen atoms in total. The lowest BCUT2D eigenvalue weighted by atomic mass is 10.1. The Labute approximate surface area is 117 Å². The summed E-state index contributed by atoms with van der Waals surface area (Å²) in [5.41, 5.74) is 2.12. The minimum atomic E-state index is 0.617. The quantitative estimate of drug-likeness (QED) is 0.839. The van der Waals surface area contributed by atoms with E-state index in [1.807, 2.05) is 17.8 Å². The summed E-state index contributed by atoms with van der Waals surface area (Å²) < 4.78 is 0. The highest BCUT2D eigenvalue weighted by atomic mass is 32.2. The number of hydrogen-bond donors (Lipinski definition) is 1. The number of rotatable bonds is 5. The summed E-state index contributed by atoms with van der Waals surface area (Å²) in [5.74, 6) is 2.03. The lowest BCUT2D eigenvalue weighted by molar-refractivity contribution is 1.08. The third-order valence-corrected chi connectivity index (χ3v) is 3.95. The molecule has 1 saturated carbocycles. The van der Waals surface area contributed by atoms with Gasteiger partial charge in [0, 0.05) is 22.6 Å². The van der Waals surface area contributed by atoms with Crippen molar-refractivity contribution >= 4 is 17.6 Å². The van der Waals surface area contributed by atoms with Crippen molar-refractivity contribution in [2.45, 2.75) is 30.7 Å². The van der Waals surface area contributed by atoms with Gasteiger partial charge in [-0.2, -0.15) is 0 Å². The van der Waals surface area contributed by atoms with E-state index in [9.17, 15) is 0 Å². The summed E-state index contributed by atoms with van der Waals surface area (Å²) in [5, 5.41) is 3.40. The predicted molar refractivity (Wildman–Crippen MR) is 80.5 cm³/mol. The second kappa shape index (κ2) is 5.61. The maximum absolute atomic E-state index is 4.36. The molecule has 0 bridgehead atoms. The van der Waals surface area contributed by atoms with E-state index in [0.29, 0.717) is 6.04 Å². The molecule has 1 aromatic heterocycles. The zero-order chi connectivity index (χ0) is 13.1. The first kappa shape index (κ1) is 12.5. The molecule has 3 rings (SSSR count). The summed E-state index contributed by atoms with van der Waals surface area (Å²) in [6, 6.07) is 11.2. The zero-order valence-electron chi connectivity index (χ0n) is 11.0. The van der Waals surface area contributed by atoms with Gasteiger partial charge in [-0.05, 0) is 30.7 Å². The van der Waals surface area contributed by atoms with Gasteiger partial charge in [0.1, 0.15) is 12.1 Å². The van der Waals surface area contributed by atoms with Crippen LogP contribution in [0.15, 0.2) is 41.6 Å². The van der Waals surface area contributed by atoms with Crippen LogP contribution >= 0.6 is 11.8 Å². The number of anilines is 1. The van der Waals surface area contributed by atoms with E-state index in [0.717, 1.165) is 22.8 Å². The van der Waals surface area contributed by atoms with Gasteiger partial charge >= 0.3 is 0 Å². The fourth-order valence-electron chi connectivity index (χ4n) is 1.92. The van der Waals surface area contributed by atoms with E-state index in [4.69, 9.17) is 0 Å². The third kappa shape index (κ3) is 3.26. The standard InChI is InChI=1S/C15H17N3S/c1-2-19-13-7-3-11(4-8-13)14-9-15(17-10-16-14)18-12-5-6-12/h3-4,7-10,12H,2,5-6H2,1H3,(H,16,17,18). The number of aromatic nitrogens is 2. The number of thioether (sulfide) groups is 1. The number of hydrogen-bond acceptors (Lipinski definition) is 4. The smallest absolute Gasteiger partial charge is 0.130 e. The summed E-state index contributed by atoms with van der Waals surface area (Å²) in [6.45, 7) is 2.17. The molecular formula is C15H17N3S. The van der Waals surface area contributed by atoms with Crippen LogP contribution in [0.25, 0.3) is 11.3 Å². The van der Waals surface area contributed by atoms with E-state index in [-0.39, 0.29) is 0 Å². The molecule has 0 amide bonds. The van der Waals surface area contributed by atoms with Crippen LogP contribution in [0.5, 0.6) is 0 Å². The summed E-state index contributed by atoms with van der Waals surface area (Å²) in [7, 11) is 0. The molecule has 1 aromatic carbocycles. The van der Waals surface area contributed by atoms with Crippen LogP contribution in [0, 0.1) is 0 Å². The van der Waals surface area contributed by atoms with E-state index in [2.05, 4.69) is 46.5 Å². The van der Waals surface area contributed by atoms with Gasteiger partial charge in [-0.15, -0.1) is 11.8 Å². The molecule has 4 heteroatoms. The van der Waals surface area contributed by atoms with Crippen molar-refractivity contribution in [2.24, 2.45) is 0 Å². The predicted octanol–water partition coefficient (Wildman–Crippen LogP) is 3.83. The largest absolute Gasteiger partial charge is 0.367 e. The van der Waals surface area contributed by atoms with Gasteiger partial charge in [0.05, 0.1) is 5.69 Å². The van der Waals surface area contributed by atoms with Crippen LogP contribution < -0.4 is 5.32 Å². The fourth-order valence-corrected chi connectivity index (χ4v) is 2.58. The highest BCUT2D eigenvalue weighted by molar-refractivity contribution is 7.99. The molecule has 98 valence electrons. The maximum atomic E-state index is 4.36. The molecule has 0 radical (unpaired) electrons. The molecule has 0 unspecified atom stereocenters. The third-order valence-electron chi connectivity index (χ3n) is 3.06. The molecule has 1 N–H and O–H groups in total. The van der Waals surface area contributed by atoms with E-state index in [1.54, 1.807) is 6.33 Å². The summed E-state index contributed by atoms with van der Waals surface area (Å²) in [4.78, 5) is 9.92. The molecule has 2 aromatic rings. The molecule has 0 spiro atoms. The molecule has 0 saturated heterocycles.